The lowest BCUT2D eigenvalue weighted by molar-refractivity contribution is -0.112. The molecule has 1 heterocycles. The third kappa shape index (κ3) is 10.0. The summed E-state index contributed by atoms with van der Waals surface area (Å²) in [5.41, 5.74) is 4.68. The Bertz CT molecular complexity index is 984. The number of benzene rings is 1. The van der Waals surface area contributed by atoms with Gasteiger partial charge in [-0.05, 0) is 108 Å². The lowest BCUT2D eigenvalue weighted by Crippen LogP contribution is -2.51. The van der Waals surface area contributed by atoms with Gasteiger partial charge in [-0.3, -0.25) is 4.79 Å². The zero-order chi connectivity index (χ0) is 33.3. The summed E-state index contributed by atoms with van der Waals surface area (Å²) in [6.07, 6.45) is 9.23. The van der Waals surface area contributed by atoms with Gasteiger partial charge >= 0.3 is 0 Å². The van der Waals surface area contributed by atoms with Crippen LogP contribution < -0.4 is 4.43 Å². The summed E-state index contributed by atoms with van der Waals surface area (Å²) >= 11 is 4.32. The Balaban J connectivity index is 2.32. The van der Waals surface area contributed by atoms with E-state index >= 15 is 0 Å². The molecule has 1 saturated heterocycles. The van der Waals surface area contributed by atoms with Crippen LogP contribution in [0.15, 0.2) is 36.4 Å². The fourth-order valence-corrected chi connectivity index (χ4v) is 22.5. The van der Waals surface area contributed by atoms with Crippen molar-refractivity contribution < 1.29 is 13.6 Å². The van der Waals surface area contributed by atoms with Crippen LogP contribution in [0.3, 0.4) is 0 Å². The molecule has 0 saturated carbocycles. The number of hydrogen-bond donors (Lipinski definition) is 0. The molecule has 0 aromatic heterocycles. The Hall–Kier alpha value is -0.476. The maximum absolute atomic E-state index is 11.8. The first-order valence-electron chi connectivity index (χ1n) is 17.4. The maximum atomic E-state index is 11.8. The van der Waals surface area contributed by atoms with E-state index in [0.717, 1.165) is 31.4 Å². The van der Waals surface area contributed by atoms with Crippen LogP contribution in [0.2, 0.25) is 33.2 Å². The van der Waals surface area contributed by atoms with E-state index in [1.807, 2.05) is 0 Å². The average Bonchev–Trinajstić information content (AvgIpc) is 2.93. The molecule has 0 aliphatic carbocycles. The van der Waals surface area contributed by atoms with Gasteiger partial charge in [-0.25, -0.2) is 0 Å². The predicted octanol–water partition coefficient (Wildman–Crippen LogP) is 12.2. The van der Waals surface area contributed by atoms with Crippen LogP contribution in [-0.2, 0) is 15.6 Å². The Morgan fingerprint density at radius 3 is 1.70 bits per heavy atom. The molecule has 0 N–H and O–H groups in total. The highest BCUT2D eigenvalue weighted by atomic mass is 32.2. The Morgan fingerprint density at radius 2 is 1.27 bits per heavy atom. The standard InChI is InChI=1S/C37H66O3S2Si2/c1-27(2)43(28(3)4,29(5)6)39-35-20-18-34(19-21-35)22-23-37(41-24-15-25-42-37)26-36(17-14-16-33(13)38)40-44(30(7)8,31(9)10)32(11)12/h14,16,18-21,27-32,36H,15,17,22-26H2,1-13H3/b16-14+/t36-/m0/s1. The molecule has 1 aliphatic heterocycles. The smallest absolute Gasteiger partial charge is 0.258 e. The van der Waals surface area contributed by atoms with Crippen LogP contribution in [0, 0.1) is 0 Å². The van der Waals surface area contributed by atoms with Crippen molar-refractivity contribution in [1.29, 1.82) is 0 Å². The topological polar surface area (TPSA) is 35.5 Å². The second-order valence-corrected chi connectivity index (χ2v) is 29.0. The summed E-state index contributed by atoms with van der Waals surface area (Å²) in [6, 6.07) is 9.06. The van der Waals surface area contributed by atoms with Gasteiger partial charge in [-0.2, -0.15) is 0 Å². The van der Waals surface area contributed by atoms with Gasteiger partial charge in [-0.15, -0.1) is 23.5 Å². The lowest BCUT2D eigenvalue weighted by Gasteiger charge is -2.47. The minimum Gasteiger partial charge on any atom is -0.543 e. The summed E-state index contributed by atoms with van der Waals surface area (Å²) in [4.78, 5) is 11.8. The molecule has 3 nitrogen and oxygen atoms in total. The number of rotatable bonds is 18. The molecule has 2 rings (SSSR count). The van der Waals surface area contributed by atoms with E-state index in [9.17, 15) is 4.79 Å². The van der Waals surface area contributed by atoms with Gasteiger partial charge in [0.15, 0.2) is 5.78 Å². The van der Waals surface area contributed by atoms with E-state index < -0.39 is 16.6 Å². The van der Waals surface area contributed by atoms with E-state index in [4.69, 9.17) is 8.85 Å². The van der Waals surface area contributed by atoms with Crippen molar-refractivity contribution in [3.63, 3.8) is 0 Å². The minimum absolute atomic E-state index is 0.113. The first kappa shape index (κ1) is 39.7. The van der Waals surface area contributed by atoms with E-state index in [0.29, 0.717) is 33.2 Å². The van der Waals surface area contributed by atoms with Gasteiger partial charge in [0.2, 0.25) is 8.32 Å². The van der Waals surface area contributed by atoms with Crippen LogP contribution >= 0.6 is 23.5 Å². The fourth-order valence-electron chi connectivity index (χ4n) is 8.20. The molecule has 44 heavy (non-hydrogen) atoms. The summed E-state index contributed by atoms with van der Waals surface area (Å²) in [6.45, 7) is 30.0. The number of thioether (sulfide) groups is 2. The summed E-state index contributed by atoms with van der Waals surface area (Å²) < 4.78 is 14.5. The van der Waals surface area contributed by atoms with E-state index in [2.05, 4.69) is 137 Å². The highest BCUT2D eigenvalue weighted by molar-refractivity contribution is 8.18. The Labute approximate surface area is 283 Å². The second-order valence-electron chi connectivity index (χ2n) is 15.0. The third-order valence-corrected chi connectivity index (χ3v) is 25.8. The molecule has 0 amide bonds. The van der Waals surface area contributed by atoms with Gasteiger partial charge in [-0.1, -0.05) is 101 Å². The van der Waals surface area contributed by atoms with Crippen LogP contribution in [-0.4, -0.2) is 44.1 Å². The molecule has 1 aromatic rings. The zero-order valence-electron chi connectivity index (χ0n) is 30.5. The average molecular weight is 679 g/mol. The van der Waals surface area contributed by atoms with Crippen molar-refractivity contribution in [2.45, 2.75) is 166 Å². The van der Waals surface area contributed by atoms with Crippen LogP contribution in [0.4, 0.5) is 0 Å². The molecule has 0 unspecified atom stereocenters. The quantitative estimate of drug-likeness (QED) is 0.114. The summed E-state index contributed by atoms with van der Waals surface area (Å²) in [5.74, 6) is 3.57. The highest BCUT2D eigenvalue weighted by Crippen LogP contribution is 2.51. The van der Waals surface area contributed by atoms with Gasteiger partial charge in [0.1, 0.15) is 5.75 Å². The monoisotopic (exact) mass is 678 g/mol. The number of carbonyl (C=O) groups excluding carboxylic acids is 1. The van der Waals surface area contributed by atoms with Gasteiger partial charge in [0.25, 0.3) is 8.32 Å². The van der Waals surface area contributed by atoms with Gasteiger partial charge in [0.05, 0.1) is 10.2 Å². The van der Waals surface area contributed by atoms with Crippen LogP contribution in [0.1, 0.15) is 121 Å². The molecule has 1 aromatic carbocycles. The lowest BCUT2D eigenvalue weighted by atomic mass is 10.0. The molecular weight excluding hydrogens is 613 g/mol. The largest absolute Gasteiger partial charge is 0.543 e. The number of allylic oxidation sites excluding steroid dienone is 1. The number of ketones is 1. The van der Waals surface area contributed by atoms with Gasteiger partial charge in [0, 0.05) is 0 Å². The van der Waals surface area contributed by atoms with Crippen LogP contribution in [0.25, 0.3) is 0 Å². The number of aryl methyl sites for hydroxylation is 1. The second kappa shape index (κ2) is 17.6. The molecule has 252 valence electrons. The molecule has 1 fully saturated rings. The summed E-state index contributed by atoms with van der Waals surface area (Å²) in [7, 11) is -4.04. The molecule has 0 radical (unpaired) electrons. The van der Waals surface area contributed by atoms with E-state index in [1.54, 1.807) is 13.0 Å². The summed E-state index contributed by atoms with van der Waals surface area (Å²) in [5, 5.41) is 0. The van der Waals surface area contributed by atoms with Crippen molar-refractivity contribution in [3.05, 3.63) is 42.0 Å². The van der Waals surface area contributed by atoms with Crippen molar-refractivity contribution in [3.8, 4) is 5.75 Å². The maximum Gasteiger partial charge on any atom is 0.258 e. The van der Waals surface area contributed by atoms with Crippen LogP contribution in [0.5, 0.6) is 5.75 Å². The SMILES string of the molecule is CC(=O)/C=C/C[C@@H](CC1(CCc2ccc(O[Si](C(C)C)(C(C)C)C(C)C)cc2)SCCCS1)O[Si](C(C)C)(C(C)C)C(C)C. The minimum atomic E-state index is -2.07. The first-order valence-corrected chi connectivity index (χ1v) is 23.7. The third-order valence-electron chi connectivity index (χ3n) is 10.1. The zero-order valence-corrected chi connectivity index (χ0v) is 34.1. The molecule has 1 atom stereocenters. The fraction of sp³-hybridized carbons (Fsp3) is 0.757. The van der Waals surface area contributed by atoms with Crippen molar-refractivity contribution in [2.75, 3.05) is 11.5 Å². The van der Waals surface area contributed by atoms with Gasteiger partial charge < -0.3 is 8.85 Å². The molecule has 1 aliphatic rings. The van der Waals surface area contributed by atoms with Crippen molar-refractivity contribution in [2.24, 2.45) is 0 Å². The number of carbonyl (C=O) groups is 1. The van der Waals surface area contributed by atoms with Crippen molar-refractivity contribution in [1.82, 2.24) is 0 Å². The molecule has 0 spiro atoms. The normalized spacial score (nSPS) is 17.2. The number of hydrogen-bond acceptors (Lipinski definition) is 5. The van der Waals surface area contributed by atoms with E-state index in [1.165, 1.54) is 23.5 Å². The highest BCUT2D eigenvalue weighted by Gasteiger charge is 2.48. The predicted molar refractivity (Wildman–Crippen MR) is 204 cm³/mol. The first-order chi connectivity index (χ1) is 20.5. The molecular formula is C37H66O3S2Si2. The Kier molecular flexibility index (Phi) is 15.9. The van der Waals surface area contributed by atoms with E-state index in [-0.39, 0.29) is 16.0 Å². The van der Waals surface area contributed by atoms with Crippen molar-refractivity contribution >= 4 is 45.9 Å². The Morgan fingerprint density at radius 1 is 0.795 bits per heavy atom. The molecule has 7 heteroatoms. The molecule has 0 bridgehead atoms.